The molecule has 1 heterocycles. The quantitative estimate of drug-likeness (QED) is 0.383. The Morgan fingerprint density at radius 1 is 1.17 bits per heavy atom. The molecule has 0 saturated heterocycles. The molecule has 3 aromatic rings. The third kappa shape index (κ3) is 5.36. The van der Waals surface area contributed by atoms with Gasteiger partial charge in [-0.2, -0.15) is 5.26 Å². The molecule has 3 rings (SSSR count). The van der Waals surface area contributed by atoms with Crippen molar-refractivity contribution >= 4 is 11.9 Å². The summed E-state index contributed by atoms with van der Waals surface area (Å²) in [6, 6.07) is 16.3. The van der Waals surface area contributed by atoms with Gasteiger partial charge in [0.05, 0.1) is 24.7 Å². The van der Waals surface area contributed by atoms with E-state index in [0.717, 1.165) is 5.56 Å². The normalized spacial score (nSPS) is 12.0. The number of aromatic nitrogens is 2. The van der Waals surface area contributed by atoms with E-state index >= 15 is 0 Å². The van der Waals surface area contributed by atoms with E-state index < -0.39 is 34.8 Å². The summed E-state index contributed by atoms with van der Waals surface area (Å²) >= 11 is 0. The van der Waals surface area contributed by atoms with Crippen LogP contribution in [0.15, 0.2) is 53.3 Å². The van der Waals surface area contributed by atoms with Crippen molar-refractivity contribution in [3.8, 4) is 11.8 Å². The number of rotatable bonds is 7. The van der Waals surface area contributed by atoms with Gasteiger partial charge in [-0.15, -0.1) is 0 Å². The van der Waals surface area contributed by atoms with Crippen molar-refractivity contribution in [2.45, 2.75) is 18.8 Å². The molecule has 0 radical (unpaired) electrons. The summed E-state index contributed by atoms with van der Waals surface area (Å²) in [7, 11) is 5.93. The van der Waals surface area contributed by atoms with Crippen molar-refractivity contribution in [3.05, 3.63) is 92.7 Å². The minimum Gasteiger partial charge on any atom is -0.543 e. The van der Waals surface area contributed by atoms with Crippen molar-refractivity contribution in [2.24, 2.45) is 7.05 Å². The van der Waals surface area contributed by atoms with Crippen molar-refractivity contribution in [1.29, 1.82) is 5.26 Å². The SMILES string of the molecule is COc1c(C(=O)[O-])nc(C(C)C(c2ccccc2)c2cc(C(=O)N(C)C)ccc2C#N)n(C)c1=O.[Li+]. The molecule has 0 aliphatic heterocycles. The van der Waals surface area contributed by atoms with E-state index in [2.05, 4.69) is 11.1 Å². The largest absolute Gasteiger partial charge is 1.00 e. The molecule has 0 aliphatic rings. The maximum atomic E-state index is 12.9. The predicted molar refractivity (Wildman–Crippen MR) is 126 cm³/mol. The third-order valence-corrected chi connectivity index (χ3v) is 5.91. The zero-order valence-electron chi connectivity index (χ0n) is 21.1. The van der Waals surface area contributed by atoms with E-state index in [1.54, 1.807) is 39.2 Å². The summed E-state index contributed by atoms with van der Waals surface area (Å²) in [4.78, 5) is 43.0. The zero-order chi connectivity index (χ0) is 25.9. The molecule has 0 N–H and O–H groups in total. The molecule has 2 atom stereocenters. The van der Waals surface area contributed by atoms with Gasteiger partial charge in [-0.1, -0.05) is 37.3 Å². The van der Waals surface area contributed by atoms with Crippen LogP contribution in [0.25, 0.3) is 0 Å². The van der Waals surface area contributed by atoms with Crippen molar-refractivity contribution in [2.75, 3.05) is 21.2 Å². The first-order chi connectivity index (χ1) is 16.6. The number of hydrogen-bond acceptors (Lipinski definition) is 7. The second kappa shape index (κ2) is 11.7. The first-order valence-corrected chi connectivity index (χ1v) is 10.8. The molecular formula is C26H25LiN4O5. The van der Waals surface area contributed by atoms with E-state index in [1.807, 2.05) is 30.3 Å². The Morgan fingerprint density at radius 2 is 1.81 bits per heavy atom. The van der Waals surface area contributed by atoms with E-state index in [4.69, 9.17) is 4.74 Å². The smallest absolute Gasteiger partial charge is 0.543 e. The van der Waals surface area contributed by atoms with Gasteiger partial charge >= 0.3 is 18.9 Å². The van der Waals surface area contributed by atoms with Gasteiger partial charge in [0.15, 0.2) is 0 Å². The summed E-state index contributed by atoms with van der Waals surface area (Å²) in [5, 5.41) is 21.6. The van der Waals surface area contributed by atoms with Crippen LogP contribution < -0.4 is 34.3 Å². The summed E-state index contributed by atoms with van der Waals surface area (Å²) in [6.07, 6.45) is 0. The van der Waals surface area contributed by atoms with Crippen molar-refractivity contribution in [1.82, 2.24) is 14.5 Å². The molecule has 2 aromatic carbocycles. The molecular weight excluding hydrogens is 455 g/mol. The van der Waals surface area contributed by atoms with Crippen molar-refractivity contribution in [3.63, 3.8) is 0 Å². The van der Waals surface area contributed by atoms with Crippen LogP contribution in [0.3, 0.4) is 0 Å². The van der Waals surface area contributed by atoms with E-state index in [-0.39, 0.29) is 30.6 Å². The zero-order valence-corrected chi connectivity index (χ0v) is 21.1. The molecule has 0 bridgehead atoms. The van der Waals surface area contributed by atoms with Gasteiger partial charge in [0, 0.05) is 38.5 Å². The minimum absolute atomic E-state index is 0. The van der Waals surface area contributed by atoms with Gasteiger partial charge in [0.1, 0.15) is 11.5 Å². The van der Waals surface area contributed by atoms with Crippen LogP contribution >= 0.6 is 0 Å². The Morgan fingerprint density at radius 3 is 2.33 bits per heavy atom. The third-order valence-electron chi connectivity index (χ3n) is 5.91. The number of methoxy groups -OCH3 is 1. The van der Waals surface area contributed by atoms with Crippen LogP contribution in [0.5, 0.6) is 5.75 Å². The number of nitrogens with zero attached hydrogens (tertiary/aromatic N) is 4. The summed E-state index contributed by atoms with van der Waals surface area (Å²) < 4.78 is 6.21. The Hall–Kier alpha value is -3.85. The monoisotopic (exact) mass is 480 g/mol. The second-order valence-electron chi connectivity index (χ2n) is 8.29. The summed E-state index contributed by atoms with van der Waals surface area (Å²) in [6.45, 7) is 1.78. The number of nitriles is 1. The number of hydrogen-bond donors (Lipinski definition) is 0. The Labute approximate surface area is 221 Å². The van der Waals surface area contributed by atoms with Gasteiger partial charge in [0.2, 0.25) is 5.75 Å². The Kier molecular flexibility index (Phi) is 9.24. The molecule has 0 aliphatic carbocycles. The standard InChI is InChI=1S/C26H26N4O5.Li/c1-15(23-28-21(26(33)34)22(35-5)25(32)30(23)4)20(16-9-7-6-8-10-16)19-13-17(24(31)29(2)3)11-12-18(19)14-27;/h6-13,15,20H,1-5H3,(H,33,34);/q;+1/p-1. The molecule has 0 spiro atoms. The van der Waals surface area contributed by atoms with E-state index in [0.29, 0.717) is 16.7 Å². The van der Waals surface area contributed by atoms with Crippen LogP contribution in [-0.4, -0.2) is 47.5 Å². The number of aromatic carboxylic acids is 1. The first kappa shape index (κ1) is 28.4. The minimum atomic E-state index is -1.64. The molecule has 9 nitrogen and oxygen atoms in total. The number of carboxylic acid groups (broad SMARTS) is 1. The van der Waals surface area contributed by atoms with Crippen LogP contribution in [0.2, 0.25) is 0 Å². The summed E-state index contributed by atoms with van der Waals surface area (Å²) in [5.41, 5.74) is 0.822. The fraction of sp³-hybridized carbons (Fsp3) is 0.269. The number of carboxylic acids is 1. The number of ether oxygens (including phenoxy) is 1. The molecule has 1 amide bonds. The topological polar surface area (TPSA) is 128 Å². The Balaban J connectivity index is 0.00000456. The summed E-state index contributed by atoms with van der Waals surface area (Å²) in [5.74, 6) is -3.25. The van der Waals surface area contributed by atoms with Gasteiger partial charge < -0.3 is 19.5 Å². The molecule has 36 heavy (non-hydrogen) atoms. The number of benzene rings is 2. The second-order valence-corrected chi connectivity index (χ2v) is 8.29. The molecule has 10 heteroatoms. The maximum absolute atomic E-state index is 12.9. The van der Waals surface area contributed by atoms with Crippen LogP contribution in [0, 0.1) is 11.3 Å². The van der Waals surface area contributed by atoms with Crippen LogP contribution in [0.4, 0.5) is 0 Å². The van der Waals surface area contributed by atoms with Gasteiger partial charge in [0.25, 0.3) is 11.5 Å². The predicted octanol–water partition coefficient (Wildman–Crippen LogP) is -1.33. The molecule has 2 unspecified atom stereocenters. The average Bonchev–Trinajstić information content (AvgIpc) is 2.85. The van der Waals surface area contributed by atoms with Gasteiger partial charge in [-0.3, -0.25) is 14.2 Å². The fourth-order valence-electron chi connectivity index (χ4n) is 4.19. The number of carbonyl (C=O) groups is 2. The first-order valence-electron chi connectivity index (χ1n) is 10.8. The number of carbonyl (C=O) groups excluding carboxylic acids is 2. The Bertz CT molecular complexity index is 1380. The fourth-order valence-corrected chi connectivity index (χ4v) is 4.19. The maximum Gasteiger partial charge on any atom is 1.00 e. The molecule has 1 aromatic heterocycles. The average molecular weight is 480 g/mol. The van der Waals surface area contributed by atoms with Crippen LogP contribution in [-0.2, 0) is 7.05 Å². The van der Waals surface area contributed by atoms with E-state index in [1.165, 1.54) is 23.6 Å². The van der Waals surface area contributed by atoms with Crippen LogP contribution in [0.1, 0.15) is 62.1 Å². The van der Waals surface area contributed by atoms with Gasteiger partial charge in [-0.25, -0.2) is 4.98 Å². The molecule has 180 valence electrons. The van der Waals surface area contributed by atoms with E-state index in [9.17, 15) is 24.8 Å². The van der Waals surface area contributed by atoms with Gasteiger partial charge in [-0.05, 0) is 29.3 Å². The van der Waals surface area contributed by atoms with Crippen molar-refractivity contribution < 1.29 is 38.3 Å². The molecule has 0 fully saturated rings. The molecule has 0 saturated carbocycles. The number of amides is 1.